The molecule has 2 nitrogen and oxygen atoms in total. The van der Waals surface area contributed by atoms with Crippen molar-refractivity contribution in [2.75, 3.05) is 0 Å². The van der Waals surface area contributed by atoms with E-state index >= 15 is 0 Å². The Morgan fingerprint density at radius 2 is 2.00 bits per heavy atom. The minimum absolute atomic E-state index is 0.0810. The third kappa shape index (κ3) is 4.09. The molecule has 0 radical (unpaired) electrons. The maximum atomic E-state index is 12.6. The monoisotopic (exact) mass is 387 g/mol. The van der Waals surface area contributed by atoms with Crippen LogP contribution < -0.4 is 4.74 Å². The molecule has 0 fully saturated rings. The fourth-order valence-electron chi connectivity index (χ4n) is 1.05. The van der Waals surface area contributed by atoms with Gasteiger partial charge in [-0.2, -0.15) is 0 Å². The zero-order chi connectivity index (χ0) is 13.2. The van der Waals surface area contributed by atoms with E-state index < -0.39 is 30.1 Å². The molecule has 0 saturated carbocycles. The summed E-state index contributed by atoms with van der Waals surface area (Å²) in [5.74, 6) is -1.23. The molecule has 1 rings (SSSR count). The second-order valence-electron chi connectivity index (χ2n) is 2.78. The Hall–Kier alpha value is -0.380. The normalized spacial score (nSPS) is 12.0. The summed E-state index contributed by atoms with van der Waals surface area (Å²) in [5.41, 5.74) is -0.803. The van der Waals surface area contributed by atoms with E-state index in [2.05, 4.69) is 9.72 Å². The van der Waals surface area contributed by atoms with Crippen molar-refractivity contribution in [3.05, 3.63) is 20.9 Å². The van der Waals surface area contributed by atoms with Crippen LogP contribution in [0.5, 0.6) is 5.88 Å². The molecular weight excluding hydrogens is 383 g/mol. The molecule has 0 N–H and O–H groups in total. The van der Waals surface area contributed by atoms with Gasteiger partial charge >= 0.3 is 6.36 Å². The molecule has 0 aliphatic heterocycles. The molecule has 1 aromatic rings. The van der Waals surface area contributed by atoms with Gasteiger partial charge in [0.15, 0.2) is 0 Å². The van der Waals surface area contributed by atoms with E-state index in [0.29, 0.717) is 0 Å². The molecule has 0 aromatic carbocycles. The Kier molecular flexibility index (Phi) is 4.76. The lowest BCUT2D eigenvalue weighted by Gasteiger charge is -2.12. The number of alkyl halides is 6. The van der Waals surface area contributed by atoms with E-state index in [4.69, 9.17) is 11.6 Å². The Balaban J connectivity index is 3.18. The molecule has 17 heavy (non-hydrogen) atoms. The fourth-order valence-corrected chi connectivity index (χ4v) is 2.07. The van der Waals surface area contributed by atoms with Crippen molar-refractivity contribution in [1.82, 2.24) is 4.98 Å². The van der Waals surface area contributed by atoms with Gasteiger partial charge in [-0.25, -0.2) is 13.8 Å². The van der Waals surface area contributed by atoms with Crippen LogP contribution in [-0.2, 0) is 5.88 Å². The van der Waals surface area contributed by atoms with Crippen molar-refractivity contribution in [2.24, 2.45) is 0 Å². The van der Waals surface area contributed by atoms with Crippen molar-refractivity contribution in [2.45, 2.75) is 18.7 Å². The van der Waals surface area contributed by atoms with Gasteiger partial charge in [0.1, 0.15) is 0 Å². The first-order valence-electron chi connectivity index (χ1n) is 4.03. The van der Waals surface area contributed by atoms with Crippen LogP contribution in [0.4, 0.5) is 22.0 Å². The van der Waals surface area contributed by atoms with Crippen LogP contribution in [-0.4, -0.2) is 11.3 Å². The summed E-state index contributed by atoms with van der Waals surface area (Å²) in [5, 5.41) is 0. The molecule has 0 unspecified atom stereocenters. The molecule has 1 heterocycles. The van der Waals surface area contributed by atoms with Crippen LogP contribution >= 0.6 is 34.2 Å². The molecule has 0 bridgehead atoms. The van der Waals surface area contributed by atoms with Gasteiger partial charge in [-0.05, 0) is 22.6 Å². The number of rotatable bonds is 3. The highest BCUT2D eigenvalue weighted by Gasteiger charge is 2.32. The Morgan fingerprint density at radius 1 is 1.41 bits per heavy atom. The minimum Gasteiger partial charge on any atom is -0.388 e. The smallest absolute Gasteiger partial charge is 0.388 e. The van der Waals surface area contributed by atoms with Crippen LogP contribution in [0.2, 0.25) is 0 Å². The summed E-state index contributed by atoms with van der Waals surface area (Å²) in [6.07, 6.45) is -7.78. The minimum atomic E-state index is -4.92. The van der Waals surface area contributed by atoms with E-state index in [1.54, 1.807) is 0 Å². The van der Waals surface area contributed by atoms with Crippen LogP contribution in [0, 0.1) is 3.57 Å². The predicted octanol–water partition coefficient (Wildman–Crippen LogP) is 4.26. The van der Waals surface area contributed by atoms with Gasteiger partial charge in [0.05, 0.1) is 17.1 Å². The zero-order valence-corrected chi connectivity index (χ0v) is 10.8. The maximum absolute atomic E-state index is 12.6. The lowest BCUT2D eigenvalue weighted by atomic mass is 10.2. The first-order chi connectivity index (χ1) is 7.74. The summed E-state index contributed by atoms with van der Waals surface area (Å²) in [4.78, 5) is 3.30. The summed E-state index contributed by atoms with van der Waals surface area (Å²) in [7, 11) is 0. The highest BCUT2D eigenvalue weighted by atomic mass is 127. The van der Waals surface area contributed by atoms with E-state index in [1.807, 2.05) is 0 Å². The highest BCUT2D eigenvalue weighted by molar-refractivity contribution is 14.1. The number of ether oxygens (including phenoxy) is 1. The van der Waals surface area contributed by atoms with Crippen molar-refractivity contribution in [3.8, 4) is 5.88 Å². The predicted molar refractivity (Wildman–Crippen MR) is 58.2 cm³/mol. The summed E-state index contributed by atoms with van der Waals surface area (Å²) in [6.45, 7) is 0. The van der Waals surface area contributed by atoms with Gasteiger partial charge in [-0.1, -0.05) is 0 Å². The van der Waals surface area contributed by atoms with Crippen molar-refractivity contribution >= 4 is 34.2 Å². The fraction of sp³-hybridized carbons (Fsp3) is 0.375. The number of hydrogen-bond donors (Lipinski definition) is 0. The van der Waals surface area contributed by atoms with Crippen LogP contribution in [0.15, 0.2) is 6.07 Å². The molecule has 1 aromatic heterocycles. The standard InChI is InChI=1S/C8H4ClF5INO/c9-2-4-6(7(10)11)3(15)1-5(16-4)17-8(12,13)14/h1,7H,2H2. The van der Waals surface area contributed by atoms with Crippen molar-refractivity contribution in [3.63, 3.8) is 0 Å². The number of pyridine rings is 1. The Morgan fingerprint density at radius 3 is 2.41 bits per heavy atom. The van der Waals surface area contributed by atoms with Crippen LogP contribution in [0.3, 0.4) is 0 Å². The van der Waals surface area contributed by atoms with Crippen molar-refractivity contribution < 1.29 is 26.7 Å². The third-order valence-corrected chi connectivity index (χ3v) is 2.77. The van der Waals surface area contributed by atoms with E-state index in [1.165, 1.54) is 22.6 Å². The molecule has 0 amide bonds. The molecule has 0 aliphatic carbocycles. The largest absolute Gasteiger partial charge is 0.574 e. The molecular formula is C8H4ClF5INO. The quantitative estimate of drug-likeness (QED) is 0.439. The Bertz CT molecular complexity index is 412. The van der Waals surface area contributed by atoms with Gasteiger partial charge < -0.3 is 4.74 Å². The first-order valence-corrected chi connectivity index (χ1v) is 5.65. The average Bonchev–Trinajstić information content (AvgIpc) is 2.12. The molecule has 0 saturated heterocycles. The van der Waals surface area contributed by atoms with E-state index in [0.717, 1.165) is 6.07 Å². The lowest BCUT2D eigenvalue weighted by molar-refractivity contribution is -0.276. The van der Waals surface area contributed by atoms with Crippen molar-refractivity contribution in [1.29, 1.82) is 0 Å². The second-order valence-corrected chi connectivity index (χ2v) is 4.21. The lowest BCUT2D eigenvalue weighted by Crippen LogP contribution is -2.18. The SMILES string of the molecule is FC(F)c1c(I)cc(OC(F)(F)F)nc1CCl. The van der Waals surface area contributed by atoms with Gasteiger partial charge in [0.2, 0.25) is 5.88 Å². The summed E-state index contributed by atoms with van der Waals surface area (Å²) in [6, 6.07) is 0.783. The summed E-state index contributed by atoms with van der Waals surface area (Å²) < 4.78 is 64.4. The van der Waals surface area contributed by atoms with E-state index in [-0.39, 0.29) is 9.26 Å². The van der Waals surface area contributed by atoms with Crippen LogP contribution in [0.1, 0.15) is 17.7 Å². The number of halogens is 7. The topological polar surface area (TPSA) is 22.1 Å². The van der Waals surface area contributed by atoms with Gasteiger partial charge in [0.25, 0.3) is 6.43 Å². The van der Waals surface area contributed by atoms with E-state index in [9.17, 15) is 22.0 Å². The maximum Gasteiger partial charge on any atom is 0.574 e. The van der Waals surface area contributed by atoms with Gasteiger partial charge in [0, 0.05) is 9.64 Å². The van der Waals surface area contributed by atoms with Gasteiger partial charge in [-0.3, -0.25) is 0 Å². The Labute approximate surface area is 111 Å². The first kappa shape index (κ1) is 14.7. The molecule has 9 heteroatoms. The molecule has 0 aliphatic rings. The molecule has 0 spiro atoms. The number of hydrogen-bond acceptors (Lipinski definition) is 2. The number of nitrogens with zero attached hydrogens (tertiary/aromatic N) is 1. The second kappa shape index (κ2) is 5.51. The molecule has 0 atom stereocenters. The number of aromatic nitrogens is 1. The average molecular weight is 387 g/mol. The zero-order valence-electron chi connectivity index (χ0n) is 7.86. The summed E-state index contributed by atoms with van der Waals surface area (Å²) >= 11 is 6.83. The third-order valence-electron chi connectivity index (χ3n) is 1.63. The van der Waals surface area contributed by atoms with Crippen LogP contribution in [0.25, 0.3) is 0 Å². The highest BCUT2D eigenvalue weighted by Crippen LogP contribution is 2.32. The molecule has 96 valence electrons. The van der Waals surface area contributed by atoms with Gasteiger partial charge in [-0.15, -0.1) is 24.8 Å².